The molecule has 0 aliphatic carbocycles. The molecule has 0 bridgehead atoms. The highest BCUT2D eigenvalue weighted by molar-refractivity contribution is 7.20. The standard InChI is InChI=1S/C17H24S2/c1-2-3-4-5-6-7-8-10-15-12-14-19-17(15)16-11-9-13-18-16/h9,11-14H,2-8,10H2,1H3. The van der Waals surface area contributed by atoms with Gasteiger partial charge in [-0.25, -0.2) is 0 Å². The van der Waals surface area contributed by atoms with Crippen LogP contribution >= 0.6 is 22.7 Å². The van der Waals surface area contributed by atoms with E-state index in [-0.39, 0.29) is 0 Å². The van der Waals surface area contributed by atoms with Crippen LogP contribution in [0, 0.1) is 0 Å². The first-order valence-corrected chi connectivity index (χ1v) is 9.28. The third-order valence-electron chi connectivity index (χ3n) is 3.54. The van der Waals surface area contributed by atoms with Crippen LogP contribution in [0.2, 0.25) is 0 Å². The third kappa shape index (κ3) is 4.77. The summed E-state index contributed by atoms with van der Waals surface area (Å²) < 4.78 is 0. The summed E-state index contributed by atoms with van der Waals surface area (Å²) in [4.78, 5) is 2.94. The molecule has 0 radical (unpaired) electrons. The van der Waals surface area contributed by atoms with E-state index in [0.717, 1.165) is 0 Å². The average molecular weight is 293 g/mol. The van der Waals surface area contributed by atoms with Gasteiger partial charge in [0.15, 0.2) is 0 Å². The summed E-state index contributed by atoms with van der Waals surface area (Å²) in [6.45, 7) is 2.28. The molecule has 0 nitrogen and oxygen atoms in total. The Bertz CT molecular complexity index is 440. The maximum atomic E-state index is 2.32. The Morgan fingerprint density at radius 1 is 0.842 bits per heavy atom. The van der Waals surface area contributed by atoms with Crippen LogP contribution in [0.3, 0.4) is 0 Å². The second-order valence-corrected chi connectivity index (χ2v) is 6.99. The number of hydrogen-bond acceptors (Lipinski definition) is 2. The molecular weight excluding hydrogens is 268 g/mol. The molecule has 0 saturated carbocycles. The van der Waals surface area contributed by atoms with Gasteiger partial charge in [-0.1, -0.05) is 51.5 Å². The van der Waals surface area contributed by atoms with Crippen LogP contribution in [-0.2, 0) is 6.42 Å². The quantitative estimate of drug-likeness (QED) is 0.447. The predicted molar refractivity (Wildman–Crippen MR) is 89.3 cm³/mol. The highest BCUT2D eigenvalue weighted by Crippen LogP contribution is 2.33. The number of aryl methyl sites for hydroxylation is 1. The Balaban J connectivity index is 1.71. The third-order valence-corrected chi connectivity index (χ3v) is 5.55. The first kappa shape index (κ1) is 14.8. The number of unbranched alkanes of at least 4 members (excludes halogenated alkanes) is 6. The molecule has 0 aliphatic rings. The highest BCUT2D eigenvalue weighted by atomic mass is 32.1. The van der Waals surface area contributed by atoms with E-state index < -0.39 is 0 Å². The van der Waals surface area contributed by atoms with Gasteiger partial charge in [0.1, 0.15) is 0 Å². The van der Waals surface area contributed by atoms with E-state index in [9.17, 15) is 0 Å². The van der Waals surface area contributed by atoms with Crippen molar-refractivity contribution in [1.29, 1.82) is 0 Å². The van der Waals surface area contributed by atoms with Crippen LogP contribution in [0.5, 0.6) is 0 Å². The monoisotopic (exact) mass is 292 g/mol. The van der Waals surface area contributed by atoms with E-state index in [1.807, 2.05) is 22.7 Å². The summed E-state index contributed by atoms with van der Waals surface area (Å²) in [5, 5.41) is 4.41. The summed E-state index contributed by atoms with van der Waals surface area (Å²) in [7, 11) is 0. The fraction of sp³-hybridized carbons (Fsp3) is 0.529. The second-order valence-electron chi connectivity index (χ2n) is 5.12. The van der Waals surface area contributed by atoms with Crippen molar-refractivity contribution in [3.63, 3.8) is 0 Å². The number of rotatable bonds is 9. The second kappa shape index (κ2) is 8.55. The summed E-state index contributed by atoms with van der Waals surface area (Å²) >= 11 is 3.75. The summed E-state index contributed by atoms with van der Waals surface area (Å²) in [6, 6.07) is 6.71. The largest absolute Gasteiger partial charge is 0.143 e. The van der Waals surface area contributed by atoms with Gasteiger partial charge in [-0.15, -0.1) is 22.7 Å². The van der Waals surface area contributed by atoms with Crippen molar-refractivity contribution in [3.8, 4) is 9.75 Å². The topological polar surface area (TPSA) is 0 Å². The number of thiophene rings is 2. The highest BCUT2D eigenvalue weighted by Gasteiger charge is 2.07. The van der Waals surface area contributed by atoms with E-state index in [1.54, 1.807) is 5.56 Å². The maximum absolute atomic E-state index is 2.32. The van der Waals surface area contributed by atoms with Crippen LogP contribution < -0.4 is 0 Å². The van der Waals surface area contributed by atoms with Crippen molar-refractivity contribution in [1.82, 2.24) is 0 Å². The summed E-state index contributed by atoms with van der Waals surface area (Å²) in [6.07, 6.45) is 11.0. The van der Waals surface area contributed by atoms with Crippen molar-refractivity contribution >= 4 is 22.7 Å². The Kier molecular flexibility index (Phi) is 6.66. The molecule has 0 aromatic carbocycles. The van der Waals surface area contributed by atoms with E-state index in [2.05, 4.69) is 35.9 Å². The SMILES string of the molecule is CCCCCCCCCc1ccsc1-c1cccs1. The Labute approximate surface area is 125 Å². The molecule has 0 N–H and O–H groups in total. The van der Waals surface area contributed by atoms with E-state index >= 15 is 0 Å². The van der Waals surface area contributed by atoms with Gasteiger partial charge in [-0.2, -0.15) is 0 Å². The van der Waals surface area contributed by atoms with Gasteiger partial charge in [0.25, 0.3) is 0 Å². The van der Waals surface area contributed by atoms with Crippen LogP contribution in [0.15, 0.2) is 29.0 Å². The van der Waals surface area contributed by atoms with Gasteiger partial charge in [-0.05, 0) is 41.3 Å². The van der Waals surface area contributed by atoms with E-state index in [4.69, 9.17) is 0 Å². The van der Waals surface area contributed by atoms with Gasteiger partial charge in [0, 0.05) is 9.75 Å². The molecule has 19 heavy (non-hydrogen) atoms. The first-order chi connectivity index (χ1) is 9.42. The van der Waals surface area contributed by atoms with Gasteiger partial charge >= 0.3 is 0 Å². The van der Waals surface area contributed by atoms with E-state index in [0.29, 0.717) is 0 Å². The molecule has 0 saturated heterocycles. The fourth-order valence-electron chi connectivity index (χ4n) is 2.43. The molecule has 2 heterocycles. The molecule has 2 aromatic heterocycles. The molecular formula is C17H24S2. The number of hydrogen-bond donors (Lipinski definition) is 0. The minimum atomic E-state index is 1.25. The molecule has 0 aliphatic heterocycles. The lowest BCUT2D eigenvalue weighted by Gasteiger charge is -2.03. The molecule has 0 atom stereocenters. The Morgan fingerprint density at radius 3 is 2.37 bits per heavy atom. The van der Waals surface area contributed by atoms with Gasteiger partial charge in [-0.3, -0.25) is 0 Å². The zero-order chi connectivity index (χ0) is 13.3. The van der Waals surface area contributed by atoms with Crippen LogP contribution in [0.25, 0.3) is 9.75 Å². The zero-order valence-corrected chi connectivity index (χ0v) is 13.5. The van der Waals surface area contributed by atoms with Crippen molar-refractivity contribution in [3.05, 3.63) is 34.5 Å². The maximum Gasteiger partial charge on any atom is 0.0474 e. The fourth-order valence-corrected chi connectivity index (χ4v) is 4.29. The normalized spacial score (nSPS) is 11.0. The molecule has 0 spiro atoms. The van der Waals surface area contributed by atoms with Gasteiger partial charge < -0.3 is 0 Å². The zero-order valence-electron chi connectivity index (χ0n) is 11.9. The van der Waals surface area contributed by atoms with Gasteiger partial charge in [0.2, 0.25) is 0 Å². The lowest BCUT2D eigenvalue weighted by molar-refractivity contribution is 0.589. The lowest BCUT2D eigenvalue weighted by Crippen LogP contribution is -1.86. The molecule has 2 rings (SSSR count). The molecule has 0 amide bonds. The van der Waals surface area contributed by atoms with Gasteiger partial charge in [0.05, 0.1) is 0 Å². The predicted octanol–water partition coefficient (Wildman–Crippen LogP) is 6.77. The summed E-state index contributed by atoms with van der Waals surface area (Å²) in [5.74, 6) is 0. The van der Waals surface area contributed by atoms with Crippen molar-refractivity contribution in [2.24, 2.45) is 0 Å². The summed E-state index contributed by atoms with van der Waals surface area (Å²) in [5.41, 5.74) is 1.56. The molecule has 0 unspecified atom stereocenters. The lowest BCUT2D eigenvalue weighted by atomic mass is 10.0. The molecule has 2 heteroatoms. The van der Waals surface area contributed by atoms with E-state index in [1.165, 1.54) is 61.1 Å². The molecule has 104 valence electrons. The average Bonchev–Trinajstić information content (AvgIpc) is 3.08. The minimum absolute atomic E-state index is 1.25. The Hall–Kier alpha value is -0.600. The van der Waals surface area contributed by atoms with Crippen LogP contribution in [0.1, 0.15) is 57.4 Å². The van der Waals surface area contributed by atoms with Crippen molar-refractivity contribution in [2.45, 2.75) is 58.3 Å². The Morgan fingerprint density at radius 2 is 1.63 bits per heavy atom. The molecule has 2 aromatic rings. The van der Waals surface area contributed by atoms with Crippen molar-refractivity contribution < 1.29 is 0 Å². The smallest absolute Gasteiger partial charge is 0.0474 e. The van der Waals surface area contributed by atoms with Crippen molar-refractivity contribution in [2.75, 3.05) is 0 Å². The molecule has 0 fully saturated rings. The van der Waals surface area contributed by atoms with Crippen LogP contribution in [-0.4, -0.2) is 0 Å². The minimum Gasteiger partial charge on any atom is -0.143 e. The van der Waals surface area contributed by atoms with Crippen LogP contribution in [0.4, 0.5) is 0 Å². The first-order valence-electron chi connectivity index (χ1n) is 7.52.